The largest absolute Gasteiger partial charge is 2.00 e. The van der Waals surface area contributed by atoms with Gasteiger partial charge in [0.05, 0.1) is 5.22 Å². The molecule has 0 saturated carbocycles. The molecule has 0 radical (unpaired) electrons. The predicted molar refractivity (Wildman–Crippen MR) is 55.3 cm³/mol. The normalized spacial score (nSPS) is 30.9. The van der Waals surface area contributed by atoms with E-state index in [-0.39, 0.29) is 31.1 Å². The summed E-state index contributed by atoms with van der Waals surface area (Å²) in [5.74, 6) is 0. The first kappa shape index (κ1) is 11.7. The van der Waals surface area contributed by atoms with E-state index in [4.69, 9.17) is 4.74 Å². The Bertz CT molecular complexity index is 129. The fourth-order valence-corrected chi connectivity index (χ4v) is 2.30. The van der Waals surface area contributed by atoms with E-state index in [1.807, 2.05) is 6.08 Å². The molecule has 0 N–H and O–H groups in total. The summed E-state index contributed by atoms with van der Waals surface area (Å²) in [5.41, 5.74) is 0. The Morgan fingerprint density at radius 1 is 1.64 bits per heavy atom. The minimum atomic E-state index is 0. The Morgan fingerprint density at radius 3 is 2.82 bits per heavy atom. The van der Waals surface area contributed by atoms with Gasteiger partial charge in [0, 0.05) is 16.8 Å². The summed E-state index contributed by atoms with van der Waals surface area (Å²) < 4.78 is 5.70. The first-order chi connectivity index (χ1) is 4.77. The van der Waals surface area contributed by atoms with Crippen LogP contribution in [0, 0.1) is 0 Å². The van der Waals surface area contributed by atoms with Crippen LogP contribution in [-0.2, 0) is 4.74 Å². The van der Waals surface area contributed by atoms with E-state index in [1.165, 1.54) is 19.3 Å². The molecule has 11 heavy (non-hydrogen) atoms. The van der Waals surface area contributed by atoms with E-state index in [0.29, 0.717) is 0 Å². The molecule has 1 aliphatic heterocycles. The van der Waals surface area contributed by atoms with E-state index in [2.05, 4.69) is 6.58 Å². The SMILES string of the molecule is C=CCC1([SiH3])CCCCO1.[H-].[H-].[Mg+2]. The summed E-state index contributed by atoms with van der Waals surface area (Å²) in [4.78, 5) is 0. The average molecular weight is 183 g/mol. The van der Waals surface area contributed by atoms with Crippen molar-refractivity contribution in [1.29, 1.82) is 0 Å². The predicted octanol–water partition coefficient (Wildman–Crippen LogP) is 0.669. The first-order valence-electron chi connectivity index (χ1n) is 4.02. The van der Waals surface area contributed by atoms with Gasteiger partial charge in [-0.25, -0.2) is 0 Å². The Kier molecular flexibility index (Phi) is 5.68. The van der Waals surface area contributed by atoms with Crippen molar-refractivity contribution in [2.75, 3.05) is 6.61 Å². The van der Waals surface area contributed by atoms with Gasteiger partial charge < -0.3 is 7.59 Å². The molecule has 1 fully saturated rings. The van der Waals surface area contributed by atoms with Crippen molar-refractivity contribution in [3.05, 3.63) is 12.7 Å². The summed E-state index contributed by atoms with van der Waals surface area (Å²) in [7, 11) is 1.15. The second kappa shape index (κ2) is 5.35. The van der Waals surface area contributed by atoms with Gasteiger partial charge in [-0.1, -0.05) is 6.08 Å². The minimum Gasteiger partial charge on any atom is -1.00 e. The smallest absolute Gasteiger partial charge is 1.00 e. The Morgan fingerprint density at radius 2 is 2.36 bits per heavy atom. The maximum atomic E-state index is 5.70. The molecule has 1 heterocycles. The van der Waals surface area contributed by atoms with Gasteiger partial charge in [-0.15, -0.1) is 6.58 Å². The van der Waals surface area contributed by atoms with E-state index < -0.39 is 0 Å². The van der Waals surface area contributed by atoms with Gasteiger partial charge in [0.15, 0.2) is 0 Å². The Balaban J connectivity index is -0.000000333. The van der Waals surface area contributed by atoms with Crippen LogP contribution in [0.5, 0.6) is 0 Å². The van der Waals surface area contributed by atoms with Crippen LogP contribution >= 0.6 is 0 Å². The third-order valence-electron chi connectivity index (χ3n) is 2.13. The van der Waals surface area contributed by atoms with Crippen LogP contribution in [0.1, 0.15) is 28.5 Å². The van der Waals surface area contributed by atoms with Crippen molar-refractivity contribution in [2.24, 2.45) is 0 Å². The van der Waals surface area contributed by atoms with Crippen LogP contribution in [0.2, 0.25) is 0 Å². The molecule has 0 aliphatic carbocycles. The van der Waals surface area contributed by atoms with Crippen molar-refractivity contribution < 1.29 is 7.59 Å². The van der Waals surface area contributed by atoms with Crippen molar-refractivity contribution in [3.63, 3.8) is 0 Å². The first-order valence-corrected chi connectivity index (χ1v) is 5.02. The molecule has 62 valence electrons. The van der Waals surface area contributed by atoms with Gasteiger partial charge >= 0.3 is 23.1 Å². The average Bonchev–Trinajstić information content (AvgIpc) is 1.89. The van der Waals surface area contributed by atoms with Crippen LogP contribution in [0.3, 0.4) is 0 Å². The fraction of sp³-hybridized carbons (Fsp3) is 0.750. The van der Waals surface area contributed by atoms with Gasteiger partial charge in [0.25, 0.3) is 0 Å². The molecule has 3 heteroatoms. The monoisotopic (exact) mass is 182 g/mol. The molecule has 1 rings (SSSR count). The van der Waals surface area contributed by atoms with Crippen LogP contribution in [0.25, 0.3) is 0 Å². The molecule has 0 spiro atoms. The van der Waals surface area contributed by atoms with E-state index >= 15 is 0 Å². The molecule has 1 saturated heterocycles. The van der Waals surface area contributed by atoms with Gasteiger partial charge in [0.2, 0.25) is 0 Å². The van der Waals surface area contributed by atoms with Crippen molar-refractivity contribution >= 4 is 33.3 Å². The number of ether oxygens (including phenoxy) is 1. The van der Waals surface area contributed by atoms with Gasteiger partial charge in [-0.2, -0.15) is 0 Å². The number of hydrogen-bond donors (Lipinski definition) is 0. The van der Waals surface area contributed by atoms with Gasteiger partial charge in [-0.05, 0) is 25.7 Å². The molecule has 0 aromatic heterocycles. The molecule has 0 aromatic carbocycles. The number of hydrogen-bond acceptors (Lipinski definition) is 1. The summed E-state index contributed by atoms with van der Waals surface area (Å²) in [6.07, 6.45) is 6.89. The Hall–Kier alpha value is 0.683. The van der Waals surface area contributed by atoms with Crippen molar-refractivity contribution in [3.8, 4) is 0 Å². The zero-order valence-electron chi connectivity index (χ0n) is 9.44. The molecule has 1 nitrogen and oxygen atoms in total. The van der Waals surface area contributed by atoms with Gasteiger partial charge in [0.1, 0.15) is 0 Å². The fourth-order valence-electron chi connectivity index (χ4n) is 1.46. The summed E-state index contributed by atoms with van der Waals surface area (Å²) in [6, 6.07) is 0. The Labute approximate surface area is 91.1 Å². The van der Waals surface area contributed by atoms with Crippen LogP contribution in [-0.4, -0.2) is 45.1 Å². The van der Waals surface area contributed by atoms with Crippen LogP contribution < -0.4 is 0 Å². The topological polar surface area (TPSA) is 9.23 Å². The second-order valence-electron chi connectivity index (χ2n) is 3.25. The molecule has 0 bridgehead atoms. The third kappa shape index (κ3) is 3.74. The molecule has 1 atom stereocenters. The number of rotatable bonds is 2. The maximum Gasteiger partial charge on any atom is 2.00 e. The third-order valence-corrected chi connectivity index (χ3v) is 3.32. The van der Waals surface area contributed by atoms with E-state index in [1.54, 1.807) is 0 Å². The molecular formula is C8H18MgOSi. The second-order valence-corrected chi connectivity index (χ2v) is 5.07. The zero-order valence-corrected chi connectivity index (χ0v) is 10.8. The standard InChI is InChI=1S/C8H16OSi.Mg.2H/c1-2-5-8(10)6-3-4-7-9-8;;;/h2H,1,3-7H2,10H3;;;/q;+2;2*-1. The molecule has 1 aliphatic rings. The zero-order chi connectivity index (χ0) is 7.45. The summed E-state index contributed by atoms with van der Waals surface area (Å²) in [5, 5.41) is 0.250. The summed E-state index contributed by atoms with van der Waals surface area (Å²) >= 11 is 0. The van der Waals surface area contributed by atoms with Crippen LogP contribution in [0.4, 0.5) is 0 Å². The minimum absolute atomic E-state index is 0. The molecule has 0 amide bonds. The molecule has 1 unspecified atom stereocenters. The van der Waals surface area contributed by atoms with Crippen LogP contribution in [0.15, 0.2) is 12.7 Å². The van der Waals surface area contributed by atoms with Gasteiger partial charge in [-0.3, -0.25) is 0 Å². The van der Waals surface area contributed by atoms with Crippen molar-refractivity contribution in [1.82, 2.24) is 0 Å². The molecular weight excluding hydrogens is 164 g/mol. The van der Waals surface area contributed by atoms with Crippen molar-refractivity contribution in [2.45, 2.75) is 30.9 Å². The quantitative estimate of drug-likeness (QED) is 0.451. The molecule has 0 aromatic rings. The van der Waals surface area contributed by atoms with E-state index in [9.17, 15) is 0 Å². The van der Waals surface area contributed by atoms with E-state index in [0.717, 1.165) is 23.3 Å². The maximum absolute atomic E-state index is 5.70. The summed E-state index contributed by atoms with van der Waals surface area (Å²) in [6.45, 7) is 4.71.